The number of hydrogen-bond acceptors (Lipinski definition) is 5. The number of para-hydroxylation sites is 2. The topological polar surface area (TPSA) is 114 Å². The highest BCUT2D eigenvalue weighted by Gasteiger charge is 2.09. The zero-order chi connectivity index (χ0) is 22.3. The molecular formula is C23H24N4O5. The van der Waals surface area contributed by atoms with E-state index in [0.29, 0.717) is 67.3 Å². The molecule has 4 rings (SSSR count). The molecule has 4 aromatic rings. The summed E-state index contributed by atoms with van der Waals surface area (Å²) in [6.07, 6.45) is 0. The third-order valence-electron chi connectivity index (χ3n) is 4.96. The minimum absolute atomic E-state index is 0.216. The Hall–Kier alpha value is -3.58. The summed E-state index contributed by atoms with van der Waals surface area (Å²) in [7, 11) is 1.63. The van der Waals surface area contributed by atoms with Gasteiger partial charge in [0.2, 0.25) is 0 Å². The van der Waals surface area contributed by atoms with Crippen LogP contribution in [0.25, 0.3) is 22.1 Å². The van der Waals surface area contributed by atoms with Crippen LogP contribution in [0, 0.1) is 11.8 Å². The average molecular weight is 436 g/mol. The third-order valence-corrected chi connectivity index (χ3v) is 4.96. The molecule has 0 spiro atoms. The Morgan fingerprint density at radius 1 is 0.812 bits per heavy atom. The number of nitrogens with one attached hydrogen (secondary N) is 3. The summed E-state index contributed by atoms with van der Waals surface area (Å²) in [5.41, 5.74) is 3.68. The van der Waals surface area contributed by atoms with Crippen molar-refractivity contribution in [2.45, 2.75) is 6.54 Å². The molecule has 2 heterocycles. The standard InChI is InChI=1S/C23H24N4O5/c1-30-12-13-32-15-14-31-11-10-27-19-7-3-5-17(21(19)26-23(27)29)9-8-16-4-2-6-18-20(16)25-22(28)24-18/h2-7H,10-15H2,1H3,(H,26,29)(H2,24,25,28). The van der Waals surface area contributed by atoms with Gasteiger partial charge in [-0.1, -0.05) is 24.0 Å². The van der Waals surface area contributed by atoms with Crippen molar-refractivity contribution >= 4 is 22.1 Å². The van der Waals surface area contributed by atoms with Crippen LogP contribution in [0.4, 0.5) is 0 Å². The van der Waals surface area contributed by atoms with Gasteiger partial charge in [-0.05, 0) is 24.3 Å². The fraction of sp³-hybridized carbons (Fsp3) is 0.304. The van der Waals surface area contributed by atoms with Gasteiger partial charge in [0.15, 0.2) is 0 Å². The fourth-order valence-corrected chi connectivity index (χ4v) is 3.42. The molecule has 0 aliphatic heterocycles. The lowest BCUT2D eigenvalue weighted by Crippen LogP contribution is -2.20. The van der Waals surface area contributed by atoms with Crippen molar-refractivity contribution in [2.24, 2.45) is 0 Å². The molecule has 2 aromatic carbocycles. The Balaban J connectivity index is 1.49. The van der Waals surface area contributed by atoms with E-state index in [2.05, 4.69) is 26.8 Å². The van der Waals surface area contributed by atoms with E-state index in [4.69, 9.17) is 14.2 Å². The Morgan fingerprint density at radius 3 is 2.28 bits per heavy atom. The van der Waals surface area contributed by atoms with E-state index in [1.807, 2.05) is 36.4 Å². The molecular weight excluding hydrogens is 412 g/mol. The van der Waals surface area contributed by atoms with Gasteiger partial charge in [-0.25, -0.2) is 9.59 Å². The lowest BCUT2D eigenvalue weighted by molar-refractivity contribution is 0.0231. The van der Waals surface area contributed by atoms with Crippen LogP contribution < -0.4 is 11.4 Å². The number of nitrogens with zero attached hydrogens (tertiary/aromatic N) is 1. The minimum atomic E-state index is -0.276. The highest BCUT2D eigenvalue weighted by Crippen LogP contribution is 2.16. The molecule has 166 valence electrons. The van der Waals surface area contributed by atoms with Crippen LogP contribution in [0.2, 0.25) is 0 Å². The van der Waals surface area contributed by atoms with Crippen molar-refractivity contribution < 1.29 is 14.2 Å². The first kappa shape index (κ1) is 21.6. The number of H-pyrrole nitrogens is 3. The molecule has 0 fully saturated rings. The second-order valence-electron chi connectivity index (χ2n) is 7.06. The maximum atomic E-state index is 12.5. The van der Waals surface area contributed by atoms with E-state index in [-0.39, 0.29) is 11.4 Å². The van der Waals surface area contributed by atoms with E-state index >= 15 is 0 Å². The van der Waals surface area contributed by atoms with Crippen molar-refractivity contribution in [1.29, 1.82) is 0 Å². The van der Waals surface area contributed by atoms with Crippen LogP contribution in [0.1, 0.15) is 11.1 Å². The predicted molar refractivity (Wildman–Crippen MR) is 121 cm³/mol. The molecule has 0 bridgehead atoms. The Morgan fingerprint density at radius 2 is 1.50 bits per heavy atom. The zero-order valence-electron chi connectivity index (χ0n) is 17.7. The lowest BCUT2D eigenvalue weighted by Gasteiger charge is -2.06. The van der Waals surface area contributed by atoms with Gasteiger partial charge in [-0.3, -0.25) is 4.57 Å². The smallest absolute Gasteiger partial charge is 0.326 e. The van der Waals surface area contributed by atoms with Crippen molar-refractivity contribution in [3.8, 4) is 11.8 Å². The number of rotatable bonds is 9. The predicted octanol–water partition coefficient (Wildman–Crippen LogP) is 1.58. The van der Waals surface area contributed by atoms with E-state index in [1.165, 1.54) is 0 Å². The number of benzene rings is 2. The van der Waals surface area contributed by atoms with Crippen LogP contribution in [0.15, 0.2) is 46.0 Å². The largest absolute Gasteiger partial charge is 0.382 e. The molecule has 0 saturated carbocycles. The van der Waals surface area contributed by atoms with Gasteiger partial charge in [0, 0.05) is 7.11 Å². The third kappa shape index (κ3) is 4.84. The number of aromatic amines is 3. The monoisotopic (exact) mass is 436 g/mol. The Bertz CT molecular complexity index is 1380. The molecule has 0 atom stereocenters. The van der Waals surface area contributed by atoms with E-state index < -0.39 is 0 Å². The van der Waals surface area contributed by atoms with Crippen molar-refractivity contribution in [3.05, 3.63) is 68.5 Å². The average Bonchev–Trinajstić information content (AvgIpc) is 3.33. The lowest BCUT2D eigenvalue weighted by atomic mass is 10.1. The summed E-state index contributed by atoms with van der Waals surface area (Å²) in [6, 6.07) is 11.1. The molecule has 9 heteroatoms. The summed E-state index contributed by atoms with van der Waals surface area (Å²) in [5.74, 6) is 6.22. The molecule has 2 aromatic heterocycles. The number of ether oxygens (including phenoxy) is 3. The van der Waals surface area contributed by atoms with Gasteiger partial charge < -0.3 is 29.2 Å². The zero-order valence-corrected chi connectivity index (χ0v) is 17.7. The molecule has 3 N–H and O–H groups in total. The second-order valence-corrected chi connectivity index (χ2v) is 7.06. The van der Waals surface area contributed by atoms with Crippen molar-refractivity contribution in [2.75, 3.05) is 40.1 Å². The number of methoxy groups -OCH3 is 1. The van der Waals surface area contributed by atoms with E-state index in [0.717, 1.165) is 5.52 Å². The number of fused-ring (bicyclic) bond motifs is 2. The summed E-state index contributed by atoms with van der Waals surface area (Å²) in [5, 5.41) is 0. The molecule has 9 nitrogen and oxygen atoms in total. The molecule has 0 aliphatic rings. The number of aromatic nitrogens is 4. The number of hydrogen-bond donors (Lipinski definition) is 3. The van der Waals surface area contributed by atoms with E-state index in [1.54, 1.807) is 11.7 Å². The van der Waals surface area contributed by atoms with Crippen molar-refractivity contribution in [3.63, 3.8) is 0 Å². The number of imidazole rings is 2. The first-order chi connectivity index (χ1) is 15.7. The maximum absolute atomic E-state index is 12.5. The SMILES string of the molecule is COCCOCCOCCn1c(=O)[nH]c2c(C#Cc3cccc4[nH]c(=O)[nH]c34)cccc21. The minimum Gasteiger partial charge on any atom is -0.382 e. The van der Waals surface area contributed by atoms with Crippen LogP contribution in [-0.4, -0.2) is 59.7 Å². The molecule has 32 heavy (non-hydrogen) atoms. The summed E-state index contributed by atoms with van der Waals surface area (Å²) < 4.78 is 17.5. The molecule has 0 radical (unpaired) electrons. The highest BCUT2D eigenvalue weighted by atomic mass is 16.5. The molecule has 0 amide bonds. The van der Waals surface area contributed by atoms with Gasteiger partial charge in [0.25, 0.3) is 0 Å². The van der Waals surface area contributed by atoms with Crippen LogP contribution in [0.3, 0.4) is 0 Å². The van der Waals surface area contributed by atoms with Crippen molar-refractivity contribution in [1.82, 2.24) is 19.5 Å². The molecule has 0 aliphatic carbocycles. The van der Waals surface area contributed by atoms with Crippen LogP contribution >= 0.6 is 0 Å². The Kier molecular flexibility index (Phi) is 6.87. The van der Waals surface area contributed by atoms with Crippen LogP contribution in [-0.2, 0) is 20.8 Å². The second kappa shape index (κ2) is 10.2. The van der Waals surface area contributed by atoms with Gasteiger partial charge in [0.05, 0.1) is 72.8 Å². The Labute approximate surface area is 183 Å². The summed E-state index contributed by atoms with van der Waals surface area (Å²) in [6.45, 7) is 2.81. The van der Waals surface area contributed by atoms with Gasteiger partial charge in [-0.15, -0.1) is 0 Å². The quantitative estimate of drug-likeness (QED) is 0.272. The normalized spacial score (nSPS) is 11.2. The van der Waals surface area contributed by atoms with E-state index in [9.17, 15) is 9.59 Å². The molecule has 0 saturated heterocycles. The van der Waals surface area contributed by atoms with Gasteiger partial charge >= 0.3 is 11.4 Å². The summed E-state index contributed by atoms with van der Waals surface area (Å²) >= 11 is 0. The first-order valence-electron chi connectivity index (χ1n) is 10.3. The van der Waals surface area contributed by atoms with Crippen LogP contribution in [0.5, 0.6) is 0 Å². The first-order valence-corrected chi connectivity index (χ1v) is 10.3. The van der Waals surface area contributed by atoms with Gasteiger partial charge in [-0.2, -0.15) is 0 Å². The maximum Gasteiger partial charge on any atom is 0.326 e. The summed E-state index contributed by atoms with van der Waals surface area (Å²) in [4.78, 5) is 32.5. The van der Waals surface area contributed by atoms with Gasteiger partial charge in [0.1, 0.15) is 0 Å². The highest BCUT2D eigenvalue weighted by molar-refractivity contribution is 5.84. The fourth-order valence-electron chi connectivity index (χ4n) is 3.42. The molecule has 0 unspecified atom stereocenters.